The maximum Gasteiger partial charge on any atom is 0.124 e. The van der Waals surface area contributed by atoms with Crippen LogP contribution in [0.3, 0.4) is 0 Å². The lowest BCUT2D eigenvalue weighted by Gasteiger charge is -2.11. The first-order chi connectivity index (χ1) is 13.6. The second kappa shape index (κ2) is 7.87. The van der Waals surface area contributed by atoms with Crippen LogP contribution in [0.5, 0.6) is 5.75 Å². The molecule has 0 atom stereocenters. The van der Waals surface area contributed by atoms with Gasteiger partial charge in [-0.2, -0.15) is 0 Å². The standard InChI is InChI=1S/C24H22N2OS/c1-26(2)20-12-8-18(9-13-20)5-4-17-6-10-19(11-7-17)24-25-22-16-21(27-3)14-15-23(22)28-24/h4-16H,1-3H3/b5-4+. The fraction of sp³-hybridized carbons (Fsp3) is 0.125. The molecule has 28 heavy (non-hydrogen) atoms. The van der Waals surface area contributed by atoms with E-state index in [-0.39, 0.29) is 0 Å². The van der Waals surface area contributed by atoms with Crippen molar-refractivity contribution >= 4 is 39.4 Å². The molecule has 1 aromatic heterocycles. The van der Waals surface area contributed by atoms with Crippen molar-refractivity contribution in [2.24, 2.45) is 0 Å². The Morgan fingerprint density at radius 2 is 1.50 bits per heavy atom. The molecule has 4 heteroatoms. The molecule has 1 heterocycles. The monoisotopic (exact) mass is 386 g/mol. The number of aromatic nitrogens is 1. The summed E-state index contributed by atoms with van der Waals surface area (Å²) in [7, 11) is 5.78. The summed E-state index contributed by atoms with van der Waals surface area (Å²) in [6.07, 6.45) is 4.27. The summed E-state index contributed by atoms with van der Waals surface area (Å²) >= 11 is 1.70. The maximum absolute atomic E-state index is 5.29. The van der Waals surface area contributed by atoms with Crippen LogP contribution in [0, 0.1) is 0 Å². The number of ether oxygens (including phenoxy) is 1. The van der Waals surface area contributed by atoms with Gasteiger partial charge in [0, 0.05) is 31.4 Å². The third-order valence-electron chi connectivity index (χ3n) is 4.63. The van der Waals surface area contributed by atoms with Crippen LogP contribution < -0.4 is 9.64 Å². The van der Waals surface area contributed by atoms with E-state index in [9.17, 15) is 0 Å². The van der Waals surface area contributed by atoms with E-state index in [4.69, 9.17) is 9.72 Å². The lowest BCUT2D eigenvalue weighted by atomic mass is 10.1. The molecule has 4 rings (SSSR count). The number of hydrogen-bond acceptors (Lipinski definition) is 4. The first-order valence-corrected chi connectivity index (χ1v) is 9.94. The highest BCUT2D eigenvalue weighted by atomic mass is 32.1. The van der Waals surface area contributed by atoms with Crippen molar-refractivity contribution in [1.29, 1.82) is 0 Å². The van der Waals surface area contributed by atoms with Crippen LogP contribution >= 0.6 is 11.3 Å². The highest BCUT2D eigenvalue weighted by molar-refractivity contribution is 7.21. The lowest BCUT2D eigenvalue weighted by molar-refractivity contribution is 0.415. The van der Waals surface area contributed by atoms with Crippen molar-refractivity contribution in [3.63, 3.8) is 0 Å². The maximum atomic E-state index is 5.29. The summed E-state index contributed by atoms with van der Waals surface area (Å²) in [5, 5.41) is 1.03. The van der Waals surface area contributed by atoms with Crippen LogP contribution in [0.4, 0.5) is 5.69 Å². The number of rotatable bonds is 5. The SMILES string of the molecule is COc1ccc2sc(-c3ccc(/C=C/c4ccc(N(C)C)cc4)cc3)nc2c1. The molecule has 0 saturated carbocycles. The Morgan fingerprint density at radius 1 is 0.857 bits per heavy atom. The molecule has 4 aromatic rings. The molecule has 0 unspecified atom stereocenters. The van der Waals surface area contributed by atoms with E-state index in [1.54, 1.807) is 18.4 Å². The highest BCUT2D eigenvalue weighted by Crippen LogP contribution is 2.32. The zero-order valence-corrected chi connectivity index (χ0v) is 17.0. The predicted molar refractivity (Wildman–Crippen MR) is 121 cm³/mol. The predicted octanol–water partition coefficient (Wildman–Crippen LogP) is 6.21. The van der Waals surface area contributed by atoms with E-state index in [1.165, 1.54) is 21.5 Å². The number of fused-ring (bicyclic) bond motifs is 1. The van der Waals surface area contributed by atoms with Gasteiger partial charge in [0.25, 0.3) is 0 Å². The quantitative estimate of drug-likeness (QED) is 0.381. The van der Waals surface area contributed by atoms with Crippen molar-refractivity contribution in [1.82, 2.24) is 4.98 Å². The number of hydrogen-bond donors (Lipinski definition) is 0. The zero-order chi connectivity index (χ0) is 19.5. The molecule has 0 radical (unpaired) electrons. The molecule has 0 bridgehead atoms. The molecular formula is C24H22N2OS. The minimum atomic E-state index is 0.837. The minimum Gasteiger partial charge on any atom is -0.497 e. The van der Waals surface area contributed by atoms with Gasteiger partial charge in [-0.05, 0) is 35.4 Å². The Bertz CT molecular complexity index is 1110. The molecule has 0 fully saturated rings. The van der Waals surface area contributed by atoms with Gasteiger partial charge in [-0.25, -0.2) is 4.98 Å². The van der Waals surface area contributed by atoms with Crippen LogP contribution in [0.15, 0.2) is 66.7 Å². The van der Waals surface area contributed by atoms with Gasteiger partial charge >= 0.3 is 0 Å². The average molecular weight is 387 g/mol. The third kappa shape index (κ3) is 3.92. The third-order valence-corrected chi connectivity index (χ3v) is 5.72. The van der Waals surface area contributed by atoms with E-state index in [1.807, 2.05) is 26.2 Å². The fourth-order valence-corrected chi connectivity index (χ4v) is 3.92. The lowest BCUT2D eigenvalue weighted by Crippen LogP contribution is -2.07. The molecule has 0 amide bonds. The summed E-state index contributed by atoms with van der Waals surface area (Å²) in [5.74, 6) is 0.837. The van der Waals surface area contributed by atoms with Crippen LogP contribution in [0.1, 0.15) is 11.1 Å². The van der Waals surface area contributed by atoms with Gasteiger partial charge in [-0.15, -0.1) is 11.3 Å². The topological polar surface area (TPSA) is 25.4 Å². The highest BCUT2D eigenvalue weighted by Gasteiger charge is 2.07. The summed E-state index contributed by atoms with van der Waals surface area (Å²) in [4.78, 5) is 6.86. The second-order valence-electron chi connectivity index (χ2n) is 6.79. The van der Waals surface area contributed by atoms with E-state index >= 15 is 0 Å². The van der Waals surface area contributed by atoms with Gasteiger partial charge in [0.15, 0.2) is 0 Å². The van der Waals surface area contributed by atoms with Crippen LogP contribution in [0.25, 0.3) is 32.9 Å². The zero-order valence-electron chi connectivity index (χ0n) is 16.2. The van der Waals surface area contributed by atoms with Crippen LogP contribution in [-0.2, 0) is 0 Å². The smallest absolute Gasteiger partial charge is 0.124 e. The first-order valence-electron chi connectivity index (χ1n) is 9.13. The molecule has 3 nitrogen and oxygen atoms in total. The summed E-state index contributed by atoms with van der Waals surface area (Å²) in [6.45, 7) is 0. The molecule has 0 N–H and O–H groups in total. The number of nitrogens with zero attached hydrogens (tertiary/aromatic N) is 2. The average Bonchev–Trinajstić information content (AvgIpc) is 3.16. The Balaban J connectivity index is 1.52. The van der Waals surface area contributed by atoms with Crippen LogP contribution in [0.2, 0.25) is 0 Å². The van der Waals surface area contributed by atoms with E-state index in [0.29, 0.717) is 0 Å². The van der Waals surface area contributed by atoms with E-state index in [0.717, 1.165) is 21.8 Å². The molecule has 0 spiro atoms. The molecule has 0 aliphatic heterocycles. The van der Waals surface area contributed by atoms with Gasteiger partial charge in [0.2, 0.25) is 0 Å². The Hall–Kier alpha value is -3.11. The van der Waals surface area contributed by atoms with Gasteiger partial charge in [0.05, 0.1) is 17.3 Å². The first kappa shape index (κ1) is 18.3. The van der Waals surface area contributed by atoms with Crippen molar-refractivity contribution in [2.75, 3.05) is 26.1 Å². The normalized spacial score (nSPS) is 11.2. The summed E-state index contributed by atoms with van der Waals surface area (Å²) in [6, 6.07) is 23.1. The number of benzene rings is 3. The molecular weight excluding hydrogens is 364 g/mol. The van der Waals surface area contributed by atoms with Crippen molar-refractivity contribution in [3.05, 3.63) is 77.9 Å². The van der Waals surface area contributed by atoms with Crippen LogP contribution in [-0.4, -0.2) is 26.2 Å². The molecule has 0 saturated heterocycles. The molecule has 0 aliphatic rings. The Labute approximate surface area is 169 Å². The van der Waals surface area contributed by atoms with Gasteiger partial charge < -0.3 is 9.64 Å². The van der Waals surface area contributed by atoms with Crippen molar-refractivity contribution in [3.8, 4) is 16.3 Å². The van der Waals surface area contributed by atoms with Gasteiger partial charge in [0.1, 0.15) is 10.8 Å². The van der Waals surface area contributed by atoms with Crippen molar-refractivity contribution < 1.29 is 4.74 Å². The molecule has 3 aromatic carbocycles. The van der Waals surface area contributed by atoms with E-state index < -0.39 is 0 Å². The number of anilines is 1. The minimum absolute atomic E-state index is 0.837. The second-order valence-corrected chi connectivity index (χ2v) is 7.82. The number of methoxy groups -OCH3 is 1. The Morgan fingerprint density at radius 3 is 2.11 bits per heavy atom. The fourth-order valence-electron chi connectivity index (χ4n) is 2.97. The number of thiazole rings is 1. The molecule has 140 valence electrons. The van der Waals surface area contributed by atoms with Crippen molar-refractivity contribution in [2.45, 2.75) is 0 Å². The Kier molecular flexibility index (Phi) is 5.13. The largest absolute Gasteiger partial charge is 0.497 e. The van der Waals surface area contributed by atoms with E-state index in [2.05, 4.69) is 71.6 Å². The van der Waals surface area contributed by atoms with Gasteiger partial charge in [-0.1, -0.05) is 48.6 Å². The van der Waals surface area contributed by atoms with Gasteiger partial charge in [-0.3, -0.25) is 0 Å². The molecule has 0 aliphatic carbocycles. The summed E-state index contributed by atoms with van der Waals surface area (Å²) < 4.78 is 6.46. The summed E-state index contributed by atoms with van der Waals surface area (Å²) in [5.41, 5.74) is 5.67.